The molecule has 2 amide bonds. The van der Waals surface area contributed by atoms with Crippen molar-refractivity contribution in [2.24, 2.45) is 0 Å². The van der Waals surface area contributed by atoms with Gasteiger partial charge in [-0.05, 0) is 0 Å². The Balaban J connectivity index is 1.67. The lowest BCUT2D eigenvalue weighted by Crippen LogP contribution is -2.32. The van der Waals surface area contributed by atoms with E-state index in [1.54, 1.807) is 32.6 Å². The SMILES string of the molecule is COCCn1cnnc1CN(C)C(=O)Nc1cc2c(cc1OC)OCO2. The summed E-state index contributed by atoms with van der Waals surface area (Å²) in [5.41, 5.74) is 0.495. The molecule has 0 unspecified atom stereocenters. The van der Waals surface area contributed by atoms with Crippen molar-refractivity contribution < 1.29 is 23.7 Å². The van der Waals surface area contributed by atoms with Crippen LogP contribution in [0.25, 0.3) is 0 Å². The van der Waals surface area contributed by atoms with Gasteiger partial charge in [0.15, 0.2) is 17.3 Å². The van der Waals surface area contributed by atoms with Gasteiger partial charge in [-0.2, -0.15) is 0 Å². The summed E-state index contributed by atoms with van der Waals surface area (Å²) < 4.78 is 22.9. The molecule has 0 aliphatic carbocycles. The predicted octanol–water partition coefficient (Wildman–Crippen LogP) is 1.33. The number of nitrogens with one attached hydrogen (secondary N) is 1. The van der Waals surface area contributed by atoms with Gasteiger partial charge < -0.3 is 33.7 Å². The van der Waals surface area contributed by atoms with Crippen molar-refractivity contribution in [1.82, 2.24) is 19.7 Å². The zero-order valence-electron chi connectivity index (χ0n) is 14.9. The molecule has 0 saturated heterocycles. The van der Waals surface area contributed by atoms with Crippen LogP contribution in [0.15, 0.2) is 18.5 Å². The molecule has 10 heteroatoms. The van der Waals surface area contributed by atoms with Crippen LogP contribution in [0.5, 0.6) is 17.2 Å². The lowest BCUT2D eigenvalue weighted by atomic mass is 10.2. The van der Waals surface area contributed by atoms with Crippen molar-refractivity contribution in [1.29, 1.82) is 0 Å². The highest BCUT2D eigenvalue weighted by Crippen LogP contribution is 2.40. The molecule has 3 rings (SSSR count). The molecular formula is C16H21N5O5. The Morgan fingerprint density at radius 3 is 2.85 bits per heavy atom. The van der Waals surface area contributed by atoms with Gasteiger partial charge >= 0.3 is 6.03 Å². The summed E-state index contributed by atoms with van der Waals surface area (Å²) in [5, 5.41) is 10.8. The predicted molar refractivity (Wildman–Crippen MR) is 91.5 cm³/mol. The number of urea groups is 1. The summed E-state index contributed by atoms with van der Waals surface area (Å²) in [6.07, 6.45) is 1.61. The highest BCUT2D eigenvalue weighted by molar-refractivity contribution is 5.91. The monoisotopic (exact) mass is 363 g/mol. The summed E-state index contributed by atoms with van der Waals surface area (Å²) in [7, 11) is 4.82. The number of nitrogens with zero attached hydrogens (tertiary/aromatic N) is 4. The number of ether oxygens (including phenoxy) is 4. The van der Waals surface area contributed by atoms with E-state index in [4.69, 9.17) is 18.9 Å². The van der Waals surface area contributed by atoms with Crippen LogP contribution in [-0.4, -0.2) is 60.4 Å². The normalized spacial score (nSPS) is 12.1. The summed E-state index contributed by atoms with van der Waals surface area (Å²) in [6, 6.07) is 3.04. The van der Waals surface area contributed by atoms with Gasteiger partial charge in [-0.1, -0.05) is 0 Å². The van der Waals surface area contributed by atoms with E-state index in [1.807, 2.05) is 4.57 Å². The second-order valence-corrected chi connectivity index (χ2v) is 5.63. The third-order valence-corrected chi connectivity index (χ3v) is 3.89. The lowest BCUT2D eigenvalue weighted by Gasteiger charge is -2.19. The van der Waals surface area contributed by atoms with Crippen molar-refractivity contribution in [3.05, 3.63) is 24.3 Å². The van der Waals surface area contributed by atoms with Gasteiger partial charge in [0.2, 0.25) is 6.79 Å². The number of carbonyl (C=O) groups excluding carboxylic acids is 1. The molecule has 140 valence electrons. The van der Waals surface area contributed by atoms with Gasteiger partial charge in [-0.15, -0.1) is 10.2 Å². The molecular weight excluding hydrogens is 342 g/mol. The lowest BCUT2D eigenvalue weighted by molar-refractivity contribution is 0.174. The molecule has 26 heavy (non-hydrogen) atoms. The Labute approximate surface area is 150 Å². The van der Waals surface area contributed by atoms with Crippen molar-refractivity contribution in [3.63, 3.8) is 0 Å². The number of methoxy groups -OCH3 is 2. The molecule has 0 fully saturated rings. The highest BCUT2D eigenvalue weighted by atomic mass is 16.7. The molecule has 2 aromatic rings. The van der Waals surface area contributed by atoms with E-state index in [2.05, 4.69) is 15.5 Å². The maximum atomic E-state index is 12.5. The summed E-state index contributed by atoms with van der Waals surface area (Å²) in [4.78, 5) is 14.0. The highest BCUT2D eigenvalue weighted by Gasteiger charge is 2.20. The summed E-state index contributed by atoms with van der Waals surface area (Å²) >= 11 is 0. The molecule has 1 aromatic carbocycles. The van der Waals surface area contributed by atoms with E-state index in [1.165, 1.54) is 12.0 Å². The largest absolute Gasteiger partial charge is 0.494 e. The molecule has 1 aromatic heterocycles. The summed E-state index contributed by atoms with van der Waals surface area (Å²) in [6.45, 7) is 1.59. The minimum atomic E-state index is -0.316. The van der Waals surface area contributed by atoms with Gasteiger partial charge in [0.1, 0.15) is 12.1 Å². The van der Waals surface area contributed by atoms with E-state index in [-0.39, 0.29) is 12.8 Å². The topological polar surface area (TPSA) is 100.0 Å². The van der Waals surface area contributed by atoms with E-state index in [9.17, 15) is 4.79 Å². The Morgan fingerprint density at radius 2 is 2.12 bits per heavy atom. The van der Waals surface area contributed by atoms with Crippen LogP contribution in [0, 0.1) is 0 Å². The third kappa shape index (κ3) is 3.80. The molecule has 0 atom stereocenters. The minimum Gasteiger partial charge on any atom is -0.494 e. The maximum Gasteiger partial charge on any atom is 0.322 e. The van der Waals surface area contributed by atoms with Crippen LogP contribution in [0.1, 0.15) is 5.82 Å². The first kappa shape index (κ1) is 17.8. The van der Waals surface area contributed by atoms with Gasteiger partial charge in [-0.25, -0.2) is 4.79 Å². The van der Waals surface area contributed by atoms with Crippen LogP contribution >= 0.6 is 0 Å². The number of aromatic nitrogens is 3. The molecule has 10 nitrogen and oxygen atoms in total. The molecule has 1 aliphatic rings. The fourth-order valence-electron chi connectivity index (χ4n) is 2.46. The number of carbonyl (C=O) groups is 1. The van der Waals surface area contributed by atoms with Crippen molar-refractivity contribution >= 4 is 11.7 Å². The number of benzene rings is 1. The fraction of sp³-hybridized carbons (Fsp3) is 0.438. The van der Waals surface area contributed by atoms with Crippen molar-refractivity contribution in [3.8, 4) is 17.2 Å². The second-order valence-electron chi connectivity index (χ2n) is 5.63. The first-order valence-electron chi connectivity index (χ1n) is 7.97. The number of hydrogen-bond acceptors (Lipinski definition) is 7. The molecule has 0 bridgehead atoms. The average Bonchev–Trinajstić information content (AvgIpc) is 3.27. The van der Waals surface area contributed by atoms with Crippen LogP contribution in [0.2, 0.25) is 0 Å². The molecule has 0 spiro atoms. The molecule has 2 heterocycles. The molecule has 1 aliphatic heterocycles. The smallest absolute Gasteiger partial charge is 0.322 e. The first-order valence-corrected chi connectivity index (χ1v) is 7.97. The van der Waals surface area contributed by atoms with Gasteiger partial charge in [0, 0.05) is 32.8 Å². The van der Waals surface area contributed by atoms with E-state index >= 15 is 0 Å². The zero-order valence-corrected chi connectivity index (χ0v) is 14.9. The van der Waals surface area contributed by atoms with Crippen LogP contribution in [-0.2, 0) is 17.8 Å². The van der Waals surface area contributed by atoms with Gasteiger partial charge in [-0.3, -0.25) is 0 Å². The van der Waals surface area contributed by atoms with Crippen molar-refractivity contribution in [2.45, 2.75) is 13.1 Å². The quantitative estimate of drug-likeness (QED) is 0.792. The van der Waals surface area contributed by atoms with Crippen LogP contribution < -0.4 is 19.5 Å². The Kier molecular flexibility index (Phi) is 5.42. The number of hydrogen-bond donors (Lipinski definition) is 1. The minimum absolute atomic E-state index is 0.146. The maximum absolute atomic E-state index is 12.5. The van der Waals surface area contributed by atoms with Gasteiger partial charge in [0.05, 0.1) is 25.9 Å². The summed E-state index contributed by atoms with van der Waals surface area (Å²) in [5.74, 6) is 2.29. The van der Waals surface area contributed by atoms with E-state index < -0.39 is 0 Å². The van der Waals surface area contributed by atoms with E-state index in [0.717, 1.165) is 0 Å². The van der Waals surface area contributed by atoms with Crippen LogP contribution in [0.4, 0.5) is 10.5 Å². The first-order chi connectivity index (χ1) is 12.6. The fourth-order valence-corrected chi connectivity index (χ4v) is 2.46. The average molecular weight is 363 g/mol. The number of anilines is 1. The third-order valence-electron chi connectivity index (χ3n) is 3.89. The van der Waals surface area contributed by atoms with Gasteiger partial charge in [0.25, 0.3) is 0 Å². The second kappa shape index (κ2) is 7.91. The Bertz CT molecular complexity index is 778. The Morgan fingerprint density at radius 1 is 1.35 bits per heavy atom. The Hall–Kier alpha value is -3.01. The zero-order chi connectivity index (χ0) is 18.5. The van der Waals surface area contributed by atoms with E-state index in [0.29, 0.717) is 48.5 Å². The number of rotatable bonds is 7. The van der Waals surface area contributed by atoms with Crippen molar-refractivity contribution in [2.75, 3.05) is 40.0 Å². The number of fused-ring (bicyclic) bond motifs is 1. The number of amides is 2. The molecule has 0 radical (unpaired) electrons. The van der Waals surface area contributed by atoms with Crippen LogP contribution in [0.3, 0.4) is 0 Å². The molecule has 0 saturated carbocycles. The standard InChI is InChI=1S/C16H21N5O5/c1-20(8-15-19-17-9-21(15)4-5-23-2)16(22)18-11-6-13-14(26-10-25-13)7-12(11)24-3/h6-7,9H,4-5,8,10H2,1-3H3,(H,18,22). The molecule has 1 N–H and O–H groups in total.